The Bertz CT molecular complexity index is 1070. The van der Waals surface area contributed by atoms with Crippen LogP contribution in [0.4, 0.5) is 16.2 Å². The molecule has 4 heterocycles. The highest BCUT2D eigenvalue weighted by molar-refractivity contribution is 5.69. The minimum absolute atomic E-state index is 0.0332. The van der Waals surface area contributed by atoms with Gasteiger partial charge in [0.2, 0.25) is 0 Å². The largest absolute Gasteiger partial charge is 0.490 e. The fraction of sp³-hybridized carbons (Fsp3) is 0.767. The molecule has 0 aliphatic carbocycles. The Kier molecular flexibility index (Phi) is 8.21. The predicted molar refractivity (Wildman–Crippen MR) is 155 cm³/mol. The quantitative estimate of drug-likeness (QED) is 0.381. The number of amides is 1. The summed E-state index contributed by atoms with van der Waals surface area (Å²) in [6.45, 7) is 15.9. The van der Waals surface area contributed by atoms with E-state index in [1.807, 2.05) is 38.7 Å². The standard InChI is InChI=1S/C30H47N5O5/c1-22-18-26(35(37)38)27(39-5)19-25(22)33-16-10-30(11-17-33)8-14-32(15-9-30)23-6-12-31(13-7-23)24-20-34(21-24)28(36)40-29(2,3)4/h18-19,23-24H,6-17,20-21H2,1-5H3. The van der Waals surface area contributed by atoms with E-state index in [4.69, 9.17) is 9.47 Å². The van der Waals surface area contributed by atoms with Crippen LogP contribution in [0.2, 0.25) is 0 Å². The van der Waals surface area contributed by atoms with Gasteiger partial charge in [-0.25, -0.2) is 4.79 Å². The molecule has 0 N–H and O–H groups in total. The maximum Gasteiger partial charge on any atom is 0.410 e. The first-order valence-electron chi connectivity index (χ1n) is 15.0. The normalized spacial score (nSPS) is 23.2. The number of likely N-dealkylation sites (tertiary alicyclic amines) is 3. The number of nitrogens with zero attached hydrogens (tertiary/aromatic N) is 5. The Balaban J connectivity index is 1.06. The second kappa shape index (κ2) is 11.4. The Morgan fingerprint density at radius 1 is 0.950 bits per heavy atom. The number of ether oxygens (including phenoxy) is 2. The third-order valence-corrected chi connectivity index (χ3v) is 9.76. The molecule has 1 amide bonds. The number of benzene rings is 1. The first kappa shape index (κ1) is 28.9. The van der Waals surface area contributed by atoms with Crippen molar-refractivity contribution in [3.63, 3.8) is 0 Å². The second-order valence-corrected chi connectivity index (χ2v) is 13.4. The van der Waals surface area contributed by atoms with Crippen LogP contribution in [-0.4, -0.2) is 103 Å². The number of anilines is 1. The summed E-state index contributed by atoms with van der Waals surface area (Å²) in [6.07, 6.45) is 7.11. The zero-order chi connectivity index (χ0) is 28.7. The molecule has 0 radical (unpaired) electrons. The molecule has 0 atom stereocenters. The fourth-order valence-electron chi connectivity index (χ4n) is 7.17. The molecule has 1 aromatic rings. The lowest BCUT2D eigenvalue weighted by Gasteiger charge is -2.51. The van der Waals surface area contributed by atoms with Crippen LogP contribution >= 0.6 is 0 Å². The van der Waals surface area contributed by atoms with E-state index >= 15 is 0 Å². The van der Waals surface area contributed by atoms with Crippen molar-refractivity contribution in [2.75, 3.05) is 64.4 Å². The van der Waals surface area contributed by atoms with Crippen molar-refractivity contribution in [2.45, 2.75) is 83.9 Å². The molecule has 4 saturated heterocycles. The summed E-state index contributed by atoms with van der Waals surface area (Å²) in [5, 5.41) is 11.4. The number of carbonyl (C=O) groups excluding carboxylic acids is 1. The van der Waals surface area contributed by atoms with Gasteiger partial charge in [0.05, 0.1) is 12.0 Å². The average molecular weight is 558 g/mol. The van der Waals surface area contributed by atoms with Gasteiger partial charge in [0.15, 0.2) is 5.75 Å². The first-order valence-corrected chi connectivity index (χ1v) is 15.0. The summed E-state index contributed by atoms with van der Waals surface area (Å²) in [4.78, 5) is 32.8. The lowest BCUT2D eigenvalue weighted by molar-refractivity contribution is -0.385. The van der Waals surface area contributed by atoms with Crippen LogP contribution in [-0.2, 0) is 4.74 Å². The fourth-order valence-corrected chi connectivity index (χ4v) is 7.17. The molecule has 1 aromatic carbocycles. The second-order valence-electron chi connectivity index (χ2n) is 13.4. The minimum Gasteiger partial charge on any atom is -0.490 e. The van der Waals surface area contributed by atoms with E-state index in [-0.39, 0.29) is 16.7 Å². The van der Waals surface area contributed by atoms with Gasteiger partial charge in [-0.3, -0.25) is 15.0 Å². The summed E-state index contributed by atoms with van der Waals surface area (Å²) >= 11 is 0. The molecule has 0 bridgehead atoms. The van der Waals surface area contributed by atoms with Crippen LogP contribution in [0.3, 0.4) is 0 Å². The van der Waals surface area contributed by atoms with Gasteiger partial charge in [-0.05, 0) is 90.3 Å². The Morgan fingerprint density at radius 2 is 1.52 bits per heavy atom. The van der Waals surface area contributed by atoms with Crippen LogP contribution in [0.15, 0.2) is 12.1 Å². The molecule has 10 nitrogen and oxygen atoms in total. The van der Waals surface area contributed by atoms with Gasteiger partial charge in [-0.2, -0.15) is 0 Å². The van der Waals surface area contributed by atoms with Crippen LogP contribution < -0.4 is 9.64 Å². The SMILES string of the molecule is COc1cc(N2CCC3(CC2)CCN(C2CCN(C4CN(C(=O)OC(C)(C)C)C4)CC2)CC3)c(C)cc1[N+](=O)[O-]. The molecule has 0 unspecified atom stereocenters. The highest BCUT2D eigenvalue weighted by Crippen LogP contribution is 2.44. The summed E-state index contributed by atoms with van der Waals surface area (Å²) in [5.41, 5.74) is 2.01. The molecular weight excluding hydrogens is 510 g/mol. The van der Waals surface area contributed by atoms with E-state index in [0.29, 0.717) is 23.2 Å². The highest BCUT2D eigenvalue weighted by Gasteiger charge is 2.42. The number of rotatable bonds is 5. The van der Waals surface area contributed by atoms with Crippen LogP contribution in [0.5, 0.6) is 5.75 Å². The number of nitro benzene ring substituents is 1. The number of methoxy groups -OCH3 is 1. The van der Waals surface area contributed by atoms with Gasteiger partial charge in [-0.15, -0.1) is 0 Å². The lowest BCUT2D eigenvalue weighted by Crippen LogP contribution is -2.63. The van der Waals surface area contributed by atoms with E-state index in [1.54, 1.807) is 6.07 Å². The molecule has 40 heavy (non-hydrogen) atoms. The number of carbonyl (C=O) groups is 1. The van der Waals surface area contributed by atoms with Gasteiger partial charge in [0, 0.05) is 69.2 Å². The number of hydrogen-bond acceptors (Lipinski definition) is 8. The topological polar surface area (TPSA) is 91.6 Å². The molecule has 5 rings (SSSR count). The number of nitro groups is 1. The van der Waals surface area contributed by atoms with Crippen molar-refractivity contribution in [1.82, 2.24) is 14.7 Å². The van der Waals surface area contributed by atoms with Crippen molar-refractivity contribution in [3.8, 4) is 5.75 Å². The third-order valence-electron chi connectivity index (χ3n) is 9.76. The molecule has 1 spiro atoms. The van der Waals surface area contributed by atoms with Crippen LogP contribution in [0, 0.1) is 22.5 Å². The smallest absolute Gasteiger partial charge is 0.410 e. The molecule has 222 valence electrons. The molecule has 10 heteroatoms. The van der Waals surface area contributed by atoms with Crippen molar-refractivity contribution >= 4 is 17.5 Å². The van der Waals surface area contributed by atoms with Crippen molar-refractivity contribution in [3.05, 3.63) is 27.8 Å². The maximum atomic E-state index is 12.3. The number of hydrogen-bond donors (Lipinski definition) is 0. The van der Waals surface area contributed by atoms with Crippen LogP contribution in [0.1, 0.15) is 64.9 Å². The van der Waals surface area contributed by atoms with Crippen molar-refractivity contribution in [1.29, 1.82) is 0 Å². The molecule has 4 aliphatic rings. The highest BCUT2D eigenvalue weighted by atomic mass is 16.6. The van der Waals surface area contributed by atoms with Gasteiger partial charge < -0.3 is 24.2 Å². The van der Waals surface area contributed by atoms with E-state index in [9.17, 15) is 14.9 Å². The maximum absolute atomic E-state index is 12.3. The van der Waals surface area contributed by atoms with Crippen molar-refractivity contribution < 1.29 is 19.2 Å². The average Bonchev–Trinajstić information content (AvgIpc) is 2.88. The Morgan fingerprint density at radius 3 is 2.08 bits per heavy atom. The molecule has 0 saturated carbocycles. The summed E-state index contributed by atoms with van der Waals surface area (Å²) in [7, 11) is 1.50. The monoisotopic (exact) mass is 557 g/mol. The first-order chi connectivity index (χ1) is 19.0. The number of piperidine rings is 3. The van der Waals surface area contributed by atoms with Crippen LogP contribution in [0.25, 0.3) is 0 Å². The van der Waals surface area contributed by atoms with E-state index < -0.39 is 5.60 Å². The lowest BCUT2D eigenvalue weighted by atomic mass is 9.70. The zero-order valence-electron chi connectivity index (χ0n) is 25.0. The van der Waals surface area contributed by atoms with Gasteiger partial charge in [0.25, 0.3) is 0 Å². The number of aryl methyl sites for hydroxylation is 1. The Hall–Kier alpha value is -2.59. The van der Waals surface area contributed by atoms with E-state index in [2.05, 4.69) is 14.7 Å². The summed E-state index contributed by atoms with van der Waals surface area (Å²) < 4.78 is 10.8. The Labute approximate surface area is 238 Å². The predicted octanol–water partition coefficient (Wildman–Crippen LogP) is 4.68. The molecule has 0 aromatic heterocycles. The molecular formula is C30H47N5O5. The van der Waals surface area contributed by atoms with Gasteiger partial charge in [-0.1, -0.05) is 0 Å². The minimum atomic E-state index is -0.440. The van der Waals surface area contributed by atoms with Gasteiger partial charge >= 0.3 is 11.8 Å². The summed E-state index contributed by atoms with van der Waals surface area (Å²) in [5.74, 6) is 0.336. The molecule has 4 aliphatic heterocycles. The van der Waals surface area contributed by atoms with E-state index in [0.717, 1.165) is 50.5 Å². The van der Waals surface area contributed by atoms with E-state index in [1.165, 1.54) is 58.7 Å². The van der Waals surface area contributed by atoms with Gasteiger partial charge in [0.1, 0.15) is 5.60 Å². The van der Waals surface area contributed by atoms with Crippen molar-refractivity contribution in [2.24, 2.45) is 5.41 Å². The molecule has 4 fully saturated rings. The summed E-state index contributed by atoms with van der Waals surface area (Å²) in [6, 6.07) is 4.64. The third kappa shape index (κ3) is 6.17. The zero-order valence-corrected chi connectivity index (χ0v) is 25.0.